The Hall–Kier alpha value is -1.15. The summed E-state index contributed by atoms with van der Waals surface area (Å²) >= 11 is 11.0. The molecule has 148 valence electrons. The number of rotatable bonds is 4. The lowest BCUT2D eigenvalue weighted by atomic mass is 9.61. The summed E-state index contributed by atoms with van der Waals surface area (Å²) in [5, 5.41) is -1.42. The number of aromatic amines is 1. The van der Waals surface area contributed by atoms with Gasteiger partial charge in [-0.3, -0.25) is 14.1 Å². The molecular weight excluding hydrogens is 432 g/mol. The van der Waals surface area contributed by atoms with Crippen LogP contribution in [0.5, 0.6) is 5.75 Å². The van der Waals surface area contributed by atoms with Gasteiger partial charge in [0.1, 0.15) is 32.3 Å². The topological polar surface area (TPSA) is 74.7 Å². The molecule has 0 amide bonds. The average Bonchev–Trinajstić information content (AvgIpc) is 3.16. The lowest BCUT2D eigenvalue weighted by Crippen LogP contribution is -2.45. The molecule has 0 saturated carbocycles. The van der Waals surface area contributed by atoms with E-state index >= 15 is 0 Å². The highest BCUT2D eigenvalue weighted by atomic mass is 35.5. The van der Waals surface area contributed by atoms with E-state index in [-0.39, 0.29) is 9.66 Å². The van der Waals surface area contributed by atoms with E-state index in [9.17, 15) is 4.79 Å². The van der Waals surface area contributed by atoms with E-state index in [1.807, 2.05) is 25.1 Å². The second kappa shape index (κ2) is 8.17. The molecule has 4 radical (unpaired) electrons. The maximum atomic E-state index is 12.2. The fraction of sp³-hybridized carbons (Fsp3) is 0.412. The highest BCUT2D eigenvalue weighted by Crippen LogP contribution is 2.51. The van der Waals surface area contributed by atoms with E-state index in [1.54, 1.807) is 0 Å². The van der Waals surface area contributed by atoms with Crippen LogP contribution in [-0.2, 0) is 20.4 Å². The van der Waals surface area contributed by atoms with Gasteiger partial charge in [-0.2, -0.15) is 0 Å². The fourth-order valence-corrected chi connectivity index (χ4v) is 4.71. The van der Waals surface area contributed by atoms with Crippen molar-refractivity contribution < 1.29 is 18.3 Å². The van der Waals surface area contributed by atoms with Crippen LogP contribution in [0.1, 0.15) is 30.2 Å². The van der Waals surface area contributed by atoms with Gasteiger partial charge in [0.05, 0.1) is 17.7 Å². The van der Waals surface area contributed by atoms with E-state index in [2.05, 4.69) is 4.98 Å². The van der Waals surface area contributed by atoms with Crippen LogP contribution in [0, 0.1) is 11.6 Å². The summed E-state index contributed by atoms with van der Waals surface area (Å²) in [5.41, 5.74) is 1.47. The van der Waals surface area contributed by atoms with Gasteiger partial charge in [-0.25, -0.2) is 4.79 Å². The maximum absolute atomic E-state index is 12.2. The molecule has 1 aromatic carbocycles. The van der Waals surface area contributed by atoms with Gasteiger partial charge < -0.3 is 13.8 Å². The lowest BCUT2D eigenvalue weighted by molar-refractivity contribution is -0.0468. The molecule has 3 unspecified atom stereocenters. The summed E-state index contributed by atoms with van der Waals surface area (Å²) in [6.45, 7) is 2.28. The number of hydrogen-bond donors (Lipinski definition) is 1. The van der Waals surface area contributed by atoms with Gasteiger partial charge in [0.25, 0.3) is 0 Å². The predicted octanol–water partition coefficient (Wildman–Crippen LogP) is 3.39. The Bertz CT molecular complexity index is 1050. The number of halogens is 1. The van der Waals surface area contributed by atoms with Gasteiger partial charge in [0, 0.05) is 17.2 Å². The van der Waals surface area contributed by atoms with Crippen molar-refractivity contribution >= 4 is 48.1 Å². The summed E-state index contributed by atoms with van der Waals surface area (Å²) in [5.74, 6) is 0.714. The zero-order chi connectivity index (χ0) is 20.8. The third kappa shape index (κ3) is 4.33. The second-order valence-corrected chi connectivity index (χ2v) is 8.78. The van der Waals surface area contributed by atoms with E-state index in [4.69, 9.17) is 57.8 Å². The number of aryl methyl sites for hydroxylation is 1. The molecule has 0 bridgehead atoms. The minimum Gasteiger partial charge on any atom is -0.426 e. The minimum absolute atomic E-state index is 0.169. The molecule has 29 heavy (non-hydrogen) atoms. The molecular formula is C17H16B2ClN2O5PS. The first kappa shape index (κ1) is 21.1. The average molecular weight is 448 g/mol. The molecule has 1 N–H and O–H groups in total. The Labute approximate surface area is 181 Å². The summed E-state index contributed by atoms with van der Waals surface area (Å²) in [7, 11) is 10.6. The Morgan fingerprint density at radius 1 is 1.41 bits per heavy atom. The van der Waals surface area contributed by atoms with E-state index in [0.717, 1.165) is 11.1 Å². The molecule has 1 fully saturated rings. The SMILES string of the molecule is [B]C([B])(OP1OCc2cccc(C)c2O1)C1CCC(n2cc(Cl)c(=S)[nH]c2=O)O1. The number of fused-ring (bicyclic) bond motifs is 1. The Morgan fingerprint density at radius 2 is 2.21 bits per heavy atom. The van der Waals surface area contributed by atoms with Crippen LogP contribution < -0.4 is 10.2 Å². The third-order valence-corrected chi connectivity index (χ3v) is 6.61. The summed E-state index contributed by atoms with van der Waals surface area (Å²) in [6, 6.07) is 5.79. The van der Waals surface area contributed by atoms with Crippen molar-refractivity contribution in [2.24, 2.45) is 0 Å². The molecule has 2 aliphatic heterocycles. The summed E-state index contributed by atoms with van der Waals surface area (Å²) in [6.07, 6.45) is 1.11. The van der Waals surface area contributed by atoms with Gasteiger partial charge >= 0.3 is 14.3 Å². The standard InChI is InChI=1S/C17H16B2ClN2O5PS/c1-9-3-2-4-10-8-24-28(26-14(9)10)27-17(18,19)12-5-6-13(25-12)22-7-11(20)15(29)21-16(22)23/h2-4,7,12-13H,5-6,8H2,1H3,(H,21,23,29). The van der Waals surface area contributed by atoms with Crippen molar-refractivity contribution in [2.45, 2.75) is 44.1 Å². The molecule has 2 aromatic rings. The van der Waals surface area contributed by atoms with Gasteiger partial charge in [0.15, 0.2) is 0 Å². The second-order valence-electron chi connectivity index (χ2n) is 6.90. The molecule has 12 heteroatoms. The Balaban J connectivity index is 1.45. The van der Waals surface area contributed by atoms with Crippen LogP contribution >= 0.6 is 32.4 Å². The molecule has 0 spiro atoms. The molecule has 1 saturated heterocycles. The predicted molar refractivity (Wildman–Crippen MR) is 113 cm³/mol. The highest BCUT2D eigenvalue weighted by molar-refractivity contribution is 7.71. The zero-order valence-corrected chi connectivity index (χ0v) is 17.9. The van der Waals surface area contributed by atoms with E-state index < -0.39 is 32.0 Å². The highest BCUT2D eigenvalue weighted by Gasteiger charge is 2.41. The van der Waals surface area contributed by atoms with Crippen LogP contribution in [0.25, 0.3) is 0 Å². The number of nitrogens with zero attached hydrogens (tertiary/aromatic N) is 1. The van der Waals surface area contributed by atoms with Crippen molar-refractivity contribution in [3.05, 3.63) is 55.7 Å². The van der Waals surface area contributed by atoms with Crippen molar-refractivity contribution in [3.63, 3.8) is 0 Å². The quantitative estimate of drug-likeness (QED) is 0.439. The molecule has 2 aliphatic rings. The molecule has 0 aliphatic carbocycles. The van der Waals surface area contributed by atoms with Gasteiger partial charge in [-0.05, 0) is 25.3 Å². The smallest absolute Gasteiger partial charge is 0.396 e. The molecule has 4 rings (SSSR count). The molecule has 3 heterocycles. The first-order valence-electron chi connectivity index (χ1n) is 8.87. The van der Waals surface area contributed by atoms with Gasteiger partial charge in [-0.1, -0.05) is 42.0 Å². The van der Waals surface area contributed by atoms with Crippen LogP contribution in [0.4, 0.5) is 0 Å². The maximum Gasteiger partial charge on any atom is 0.396 e. The number of aromatic nitrogens is 2. The van der Waals surface area contributed by atoms with E-state index in [0.29, 0.717) is 25.2 Å². The number of nitrogens with one attached hydrogen (secondary N) is 1. The lowest BCUT2D eigenvalue weighted by Gasteiger charge is -2.36. The van der Waals surface area contributed by atoms with Gasteiger partial charge in [-0.15, -0.1) is 0 Å². The number of benzene rings is 1. The fourth-order valence-electron chi connectivity index (χ4n) is 3.24. The van der Waals surface area contributed by atoms with Crippen LogP contribution in [0.15, 0.2) is 29.2 Å². The van der Waals surface area contributed by atoms with Crippen LogP contribution in [0.3, 0.4) is 0 Å². The molecule has 3 atom stereocenters. The van der Waals surface area contributed by atoms with E-state index in [1.165, 1.54) is 10.8 Å². The first-order chi connectivity index (χ1) is 13.7. The third-order valence-electron chi connectivity index (χ3n) is 4.75. The first-order valence-corrected chi connectivity index (χ1v) is 10.8. The molecule has 7 nitrogen and oxygen atoms in total. The Kier molecular flexibility index (Phi) is 5.95. The largest absolute Gasteiger partial charge is 0.426 e. The summed E-state index contributed by atoms with van der Waals surface area (Å²) in [4.78, 5) is 14.7. The number of H-pyrrole nitrogens is 1. The number of ether oxygens (including phenoxy) is 1. The van der Waals surface area contributed by atoms with Crippen molar-refractivity contribution in [3.8, 4) is 5.75 Å². The van der Waals surface area contributed by atoms with Gasteiger partial charge in [0.2, 0.25) is 0 Å². The van der Waals surface area contributed by atoms with Crippen molar-refractivity contribution in [1.29, 1.82) is 0 Å². The van der Waals surface area contributed by atoms with Crippen LogP contribution in [-0.4, -0.2) is 36.7 Å². The monoisotopic (exact) mass is 448 g/mol. The van der Waals surface area contributed by atoms with Crippen LogP contribution in [0.2, 0.25) is 5.02 Å². The zero-order valence-electron chi connectivity index (χ0n) is 15.5. The number of para-hydroxylation sites is 1. The van der Waals surface area contributed by atoms with Crippen molar-refractivity contribution in [2.75, 3.05) is 0 Å². The summed E-state index contributed by atoms with van der Waals surface area (Å²) < 4.78 is 24.6. The number of hydrogen-bond acceptors (Lipinski definition) is 6. The normalized spacial score (nSPS) is 24.1. The molecule has 1 aromatic heterocycles. The van der Waals surface area contributed by atoms with Crippen molar-refractivity contribution in [1.82, 2.24) is 9.55 Å². The Morgan fingerprint density at radius 3 is 3.00 bits per heavy atom. The minimum atomic E-state index is -1.80.